The second-order valence-corrected chi connectivity index (χ2v) is 5.57. The minimum Gasteiger partial charge on any atom is -0.489 e. The van der Waals surface area contributed by atoms with Gasteiger partial charge in [-0.15, -0.1) is 0 Å². The molecular weight excluding hydrogens is 284 g/mol. The van der Waals surface area contributed by atoms with Gasteiger partial charge in [0, 0.05) is 18.9 Å². The van der Waals surface area contributed by atoms with E-state index in [9.17, 15) is 0 Å². The summed E-state index contributed by atoms with van der Waals surface area (Å²) in [5, 5.41) is 0. The van der Waals surface area contributed by atoms with E-state index < -0.39 is 0 Å². The minimum atomic E-state index is 0.593. The number of ether oxygens (including phenoxy) is 1. The fourth-order valence-corrected chi connectivity index (χ4v) is 2.40. The fraction of sp³-hybridized carbons (Fsp3) is 0.150. The van der Waals surface area contributed by atoms with Gasteiger partial charge in [0.2, 0.25) is 0 Å². The van der Waals surface area contributed by atoms with Crippen molar-refractivity contribution in [2.75, 3.05) is 0 Å². The van der Waals surface area contributed by atoms with Gasteiger partial charge < -0.3 is 9.30 Å². The van der Waals surface area contributed by atoms with Gasteiger partial charge in [-0.2, -0.15) is 0 Å². The predicted molar refractivity (Wildman–Crippen MR) is 93.1 cm³/mol. The van der Waals surface area contributed by atoms with Crippen LogP contribution in [0.25, 0.3) is 6.08 Å². The number of rotatable bonds is 6. The van der Waals surface area contributed by atoms with E-state index in [1.54, 1.807) is 6.20 Å². The molecule has 0 unspecified atom stereocenters. The molecule has 3 heteroatoms. The Kier molecular flexibility index (Phi) is 4.89. The normalized spacial score (nSPS) is 11.4. The van der Waals surface area contributed by atoms with E-state index in [4.69, 9.17) is 4.74 Å². The first kappa shape index (κ1) is 15.1. The minimum absolute atomic E-state index is 0.593. The van der Waals surface area contributed by atoms with Crippen LogP contribution in [0.15, 0.2) is 78.9 Å². The van der Waals surface area contributed by atoms with Crippen LogP contribution in [0.2, 0.25) is 0 Å². The van der Waals surface area contributed by atoms with E-state index >= 15 is 0 Å². The van der Waals surface area contributed by atoms with Gasteiger partial charge in [0.25, 0.3) is 0 Å². The van der Waals surface area contributed by atoms with Gasteiger partial charge in [0.05, 0.1) is 6.33 Å². The van der Waals surface area contributed by atoms with E-state index in [0.29, 0.717) is 6.61 Å². The summed E-state index contributed by atoms with van der Waals surface area (Å²) < 4.78 is 7.86. The van der Waals surface area contributed by atoms with Gasteiger partial charge >= 0.3 is 0 Å². The molecule has 1 aromatic heterocycles. The van der Waals surface area contributed by atoms with Crippen LogP contribution in [0.3, 0.4) is 0 Å². The number of allylic oxidation sites excluding steroid dienone is 1. The van der Waals surface area contributed by atoms with Gasteiger partial charge in [-0.05, 0) is 30.2 Å². The Labute approximate surface area is 136 Å². The molecule has 0 radical (unpaired) electrons. The SMILES string of the molecule is CC(=Cc1ccc(OCc2ccccc2)cc1)Cn1ccnc1. The number of nitrogens with zero attached hydrogens (tertiary/aromatic N) is 2. The van der Waals surface area contributed by atoms with E-state index in [0.717, 1.165) is 12.3 Å². The predicted octanol–water partition coefficient (Wildman–Crippen LogP) is 4.57. The van der Waals surface area contributed by atoms with Crippen molar-refractivity contribution in [3.8, 4) is 5.75 Å². The number of imidazole rings is 1. The molecule has 3 nitrogen and oxygen atoms in total. The van der Waals surface area contributed by atoms with Crippen molar-refractivity contribution in [2.45, 2.75) is 20.1 Å². The molecule has 3 aromatic rings. The summed E-state index contributed by atoms with van der Waals surface area (Å²) in [7, 11) is 0. The average molecular weight is 304 g/mol. The molecule has 0 bridgehead atoms. The third kappa shape index (κ3) is 4.58. The van der Waals surface area contributed by atoms with Gasteiger partial charge in [-0.25, -0.2) is 4.98 Å². The summed E-state index contributed by atoms with van der Waals surface area (Å²) in [6, 6.07) is 18.4. The second-order valence-electron chi connectivity index (χ2n) is 5.57. The molecule has 0 amide bonds. The Morgan fingerprint density at radius 1 is 1.09 bits per heavy atom. The van der Waals surface area contributed by atoms with Crippen LogP contribution in [-0.4, -0.2) is 9.55 Å². The molecule has 0 aliphatic rings. The molecule has 1 heterocycles. The highest BCUT2D eigenvalue weighted by atomic mass is 16.5. The summed E-state index contributed by atoms with van der Waals surface area (Å²) in [6.07, 6.45) is 7.78. The van der Waals surface area contributed by atoms with E-state index in [2.05, 4.69) is 46.8 Å². The van der Waals surface area contributed by atoms with Crippen LogP contribution < -0.4 is 4.74 Å². The van der Waals surface area contributed by atoms with Crippen molar-refractivity contribution in [1.29, 1.82) is 0 Å². The lowest BCUT2D eigenvalue weighted by atomic mass is 10.1. The summed E-state index contributed by atoms with van der Waals surface area (Å²) in [6.45, 7) is 3.57. The number of hydrogen-bond acceptors (Lipinski definition) is 2. The summed E-state index contributed by atoms with van der Waals surface area (Å²) in [5.41, 5.74) is 3.63. The summed E-state index contributed by atoms with van der Waals surface area (Å²) in [4.78, 5) is 4.06. The first-order valence-electron chi connectivity index (χ1n) is 7.69. The maximum Gasteiger partial charge on any atom is 0.119 e. The molecule has 0 spiro atoms. The van der Waals surface area contributed by atoms with Crippen molar-refractivity contribution >= 4 is 6.08 Å². The highest BCUT2D eigenvalue weighted by Crippen LogP contribution is 2.16. The van der Waals surface area contributed by atoms with Crippen LogP contribution in [0.1, 0.15) is 18.1 Å². The molecule has 116 valence electrons. The lowest BCUT2D eigenvalue weighted by molar-refractivity contribution is 0.306. The van der Waals surface area contributed by atoms with Crippen LogP contribution in [0, 0.1) is 0 Å². The van der Waals surface area contributed by atoms with Crippen LogP contribution in [-0.2, 0) is 13.2 Å². The Bertz CT molecular complexity index is 744. The Morgan fingerprint density at radius 3 is 2.57 bits per heavy atom. The van der Waals surface area contributed by atoms with Crippen LogP contribution >= 0.6 is 0 Å². The highest BCUT2D eigenvalue weighted by molar-refractivity contribution is 5.53. The standard InChI is InChI=1S/C20H20N2O/c1-17(14-22-12-11-21-16-22)13-18-7-9-20(10-8-18)23-15-19-5-3-2-4-6-19/h2-13,16H,14-15H2,1H3. The zero-order chi connectivity index (χ0) is 15.9. The third-order valence-corrected chi connectivity index (χ3v) is 3.53. The molecule has 3 rings (SSSR count). The molecule has 0 saturated carbocycles. The molecule has 0 N–H and O–H groups in total. The molecule has 0 fully saturated rings. The maximum absolute atomic E-state index is 5.80. The van der Waals surface area contributed by atoms with Gasteiger partial charge in [0.15, 0.2) is 0 Å². The Balaban J connectivity index is 1.58. The van der Waals surface area contributed by atoms with Crippen molar-refractivity contribution in [2.24, 2.45) is 0 Å². The largest absolute Gasteiger partial charge is 0.489 e. The Hall–Kier alpha value is -2.81. The number of benzene rings is 2. The van der Waals surface area contributed by atoms with Crippen molar-refractivity contribution in [3.63, 3.8) is 0 Å². The second kappa shape index (κ2) is 7.45. The zero-order valence-electron chi connectivity index (χ0n) is 13.2. The van der Waals surface area contributed by atoms with Gasteiger partial charge in [0.1, 0.15) is 12.4 Å². The molecular formula is C20H20N2O. The Morgan fingerprint density at radius 2 is 1.87 bits per heavy atom. The highest BCUT2D eigenvalue weighted by Gasteiger charge is 1.97. The maximum atomic E-state index is 5.80. The molecule has 0 aliphatic heterocycles. The number of aromatic nitrogens is 2. The first-order valence-corrected chi connectivity index (χ1v) is 7.69. The first-order chi connectivity index (χ1) is 11.3. The molecule has 0 aliphatic carbocycles. The van der Waals surface area contributed by atoms with Gasteiger partial charge in [-0.1, -0.05) is 54.1 Å². The molecule has 0 saturated heterocycles. The van der Waals surface area contributed by atoms with Crippen molar-refractivity contribution in [1.82, 2.24) is 9.55 Å². The summed E-state index contributed by atoms with van der Waals surface area (Å²) in [5.74, 6) is 0.887. The topological polar surface area (TPSA) is 27.1 Å². The van der Waals surface area contributed by atoms with E-state index in [-0.39, 0.29) is 0 Å². The zero-order valence-corrected chi connectivity index (χ0v) is 13.2. The molecule has 23 heavy (non-hydrogen) atoms. The fourth-order valence-electron chi connectivity index (χ4n) is 2.40. The van der Waals surface area contributed by atoms with E-state index in [1.165, 1.54) is 16.7 Å². The smallest absolute Gasteiger partial charge is 0.119 e. The van der Waals surface area contributed by atoms with E-state index in [1.807, 2.05) is 42.9 Å². The monoisotopic (exact) mass is 304 g/mol. The molecule has 2 aromatic carbocycles. The van der Waals surface area contributed by atoms with Crippen molar-refractivity contribution < 1.29 is 4.74 Å². The third-order valence-electron chi connectivity index (χ3n) is 3.53. The lowest BCUT2D eigenvalue weighted by Gasteiger charge is -2.07. The van der Waals surface area contributed by atoms with Gasteiger partial charge in [-0.3, -0.25) is 0 Å². The quantitative estimate of drug-likeness (QED) is 0.667. The van der Waals surface area contributed by atoms with Crippen LogP contribution in [0.5, 0.6) is 5.75 Å². The average Bonchev–Trinajstić information content (AvgIpc) is 3.08. The number of hydrogen-bond donors (Lipinski definition) is 0. The van der Waals surface area contributed by atoms with Crippen LogP contribution in [0.4, 0.5) is 0 Å². The van der Waals surface area contributed by atoms with Crippen molar-refractivity contribution in [3.05, 3.63) is 90.0 Å². The lowest BCUT2D eigenvalue weighted by Crippen LogP contribution is -1.96. The summed E-state index contributed by atoms with van der Waals surface area (Å²) >= 11 is 0. The molecule has 0 atom stereocenters.